The van der Waals surface area contributed by atoms with Crippen LogP contribution in [0.4, 0.5) is 0 Å². The molecule has 0 amide bonds. The fraction of sp³-hybridized carbons (Fsp3) is 1.00. The van der Waals surface area contributed by atoms with Gasteiger partial charge < -0.3 is 10.6 Å². The van der Waals surface area contributed by atoms with Crippen molar-refractivity contribution in [1.82, 2.24) is 9.62 Å². The maximum atomic E-state index is 11.8. The van der Waals surface area contributed by atoms with Crippen molar-refractivity contribution in [2.45, 2.75) is 38.0 Å². The summed E-state index contributed by atoms with van der Waals surface area (Å²) >= 11 is 0. The monoisotopic (exact) mass is 251 g/mol. The zero-order valence-corrected chi connectivity index (χ0v) is 11.5. The highest BCUT2D eigenvalue weighted by molar-refractivity contribution is 7.90. The fourth-order valence-corrected chi connectivity index (χ4v) is 2.96. The summed E-state index contributed by atoms with van der Waals surface area (Å²) in [4.78, 5) is 2.03. The van der Waals surface area contributed by atoms with Gasteiger partial charge in [-0.25, -0.2) is 13.1 Å². The average molecular weight is 251 g/mol. The van der Waals surface area contributed by atoms with Gasteiger partial charge in [0.1, 0.15) is 0 Å². The number of hydrogen-bond donors (Lipinski definition) is 2. The van der Waals surface area contributed by atoms with Crippen LogP contribution in [0.15, 0.2) is 0 Å². The van der Waals surface area contributed by atoms with E-state index in [2.05, 4.69) is 4.72 Å². The van der Waals surface area contributed by atoms with Crippen LogP contribution in [0.2, 0.25) is 0 Å². The SMILES string of the molecule is CCC(CN)S(=O)(=O)NC(C)CCN(C)C. The molecule has 2 atom stereocenters. The standard InChI is InChI=1S/C10H25N3O2S/c1-5-10(8-11)16(14,15)12-9(2)6-7-13(3)4/h9-10,12H,5-8,11H2,1-4H3. The smallest absolute Gasteiger partial charge is 0.215 e. The van der Waals surface area contributed by atoms with E-state index in [9.17, 15) is 8.42 Å². The van der Waals surface area contributed by atoms with Gasteiger partial charge in [0.2, 0.25) is 10.0 Å². The Kier molecular flexibility index (Phi) is 7.14. The van der Waals surface area contributed by atoms with Crippen molar-refractivity contribution in [3.63, 3.8) is 0 Å². The number of nitrogens with one attached hydrogen (secondary N) is 1. The Morgan fingerprint density at radius 1 is 1.38 bits per heavy atom. The second-order valence-electron chi connectivity index (χ2n) is 4.42. The molecule has 0 aromatic heterocycles. The lowest BCUT2D eigenvalue weighted by atomic mass is 10.2. The molecule has 0 heterocycles. The van der Waals surface area contributed by atoms with E-state index in [1.807, 2.05) is 32.8 Å². The first kappa shape index (κ1) is 15.8. The van der Waals surface area contributed by atoms with Gasteiger partial charge in [-0.1, -0.05) is 6.92 Å². The zero-order valence-electron chi connectivity index (χ0n) is 10.7. The van der Waals surface area contributed by atoms with E-state index < -0.39 is 15.3 Å². The molecule has 0 spiro atoms. The second-order valence-corrected chi connectivity index (χ2v) is 6.41. The Labute approximate surface area is 99.4 Å². The molecule has 0 bridgehead atoms. The van der Waals surface area contributed by atoms with Gasteiger partial charge >= 0.3 is 0 Å². The Balaban J connectivity index is 4.25. The predicted octanol–water partition coefficient (Wildman–Crippen LogP) is -0.0167. The van der Waals surface area contributed by atoms with Crippen LogP contribution in [0, 0.1) is 0 Å². The summed E-state index contributed by atoms with van der Waals surface area (Å²) in [6, 6.07) is -0.0481. The summed E-state index contributed by atoms with van der Waals surface area (Å²) in [7, 11) is 0.673. The third-order valence-electron chi connectivity index (χ3n) is 2.53. The molecule has 98 valence electrons. The Bertz CT molecular complexity index is 274. The topological polar surface area (TPSA) is 75.4 Å². The van der Waals surface area contributed by atoms with Gasteiger partial charge in [0.25, 0.3) is 0 Å². The van der Waals surface area contributed by atoms with E-state index in [4.69, 9.17) is 5.73 Å². The molecule has 0 aliphatic rings. The first-order valence-electron chi connectivity index (χ1n) is 5.69. The summed E-state index contributed by atoms with van der Waals surface area (Å²) < 4.78 is 26.4. The molecule has 0 aromatic rings. The number of sulfonamides is 1. The first-order chi connectivity index (χ1) is 7.33. The minimum atomic E-state index is -3.26. The maximum absolute atomic E-state index is 11.8. The van der Waals surface area contributed by atoms with Crippen LogP contribution in [0.1, 0.15) is 26.7 Å². The lowest BCUT2D eigenvalue weighted by Gasteiger charge is -2.20. The molecule has 0 aromatic carbocycles. The van der Waals surface area contributed by atoms with Crippen LogP contribution in [0.3, 0.4) is 0 Å². The molecule has 6 heteroatoms. The third-order valence-corrected chi connectivity index (χ3v) is 4.67. The van der Waals surface area contributed by atoms with Crippen LogP contribution < -0.4 is 10.5 Å². The number of rotatable bonds is 8. The Morgan fingerprint density at radius 3 is 2.31 bits per heavy atom. The molecule has 3 N–H and O–H groups in total. The molecule has 0 rings (SSSR count). The highest BCUT2D eigenvalue weighted by Crippen LogP contribution is 2.05. The third kappa shape index (κ3) is 5.79. The number of nitrogens with zero attached hydrogens (tertiary/aromatic N) is 1. The van der Waals surface area contributed by atoms with E-state index in [-0.39, 0.29) is 12.6 Å². The van der Waals surface area contributed by atoms with Gasteiger partial charge in [-0.15, -0.1) is 0 Å². The van der Waals surface area contributed by atoms with Crippen molar-refractivity contribution in [2.75, 3.05) is 27.2 Å². The zero-order chi connectivity index (χ0) is 12.8. The van der Waals surface area contributed by atoms with E-state index in [1.165, 1.54) is 0 Å². The van der Waals surface area contributed by atoms with E-state index in [1.54, 1.807) is 0 Å². The molecular weight excluding hydrogens is 226 g/mol. The normalized spacial score (nSPS) is 16.4. The molecule has 0 fully saturated rings. The Hall–Kier alpha value is -0.170. The van der Waals surface area contributed by atoms with E-state index in [0.717, 1.165) is 13.0 Å². The number of hydrogen-bond acceptors (Lipinski definition) is 4. The van der Waals surface area contributed by atoms with E-state index >= 15 is 0 Å². The van der Waals surface area contributed by atoms with Crippen molar-refractivity contribution >= 4 is 10.0 Å². The van der Waals surface area contributed by atoms with Crippen LogP contribution in [-0.4, -0.2) is 51.8 Å². The second kappa shape index (κ2) is 7.21. The molecule has 0 aliphatic heterocycles. The molecular formula is C10H25N3O2S. The molecule has 0 saturated carbocycles. The van der Waals surface area contributed by atoms with Crippen LogP contribution >= 0.6 is 0 Å². The Morgan fingerprint density at radius 2 is 1.94 bits per heavy atom. The van der Waals surface area contributed by atoms with Crippen molar-refractivity contribution in [3.05, 3.63) is 0 Å². The molecule has 0 radical (unpaired) electrons. The highest BCUT2D eigenvalue weighted by Gasteiger charge is 2.23. The molecule has 0 saturated heterocycles. The predicted molar refractivity (Wildman–Crippen MR) is 67.8 cm³/mol. The molecule has 2 unspecified atom stereocenters. The summed E-state index contributed by atoms with van der Waals surface area (Å²) in [5.74, 6) is 0. The van der Waals surface area contributed by atoms with Crippen LogP contribution in [0.5, 0.6) is 0 Å². The summed E-state index contributed by atoms with van der Waals surface area (Å²) in [6.07, 6.45) is 1.35. The lowest BCUT2D eigenvalue weighted by Crippen LogP contribution is -2.43. The minimum absolute atomic E-state index is 0.0481. The van der Waals surface area contributed by atoms with Gasteiger partial charge in [-0.2, -0.15) is 0 Å². The van der Waals surface area contributed by atoms with Crippen LogP contribution in [0.25, 0.3) is 0 Å². The lowest BCUT2D eigenvalue weighted by molar-refractivity contribution is 0.378. The molecule has 0 aliphatic carbocycles. The average Bonchev–Trinajstić information content (AvgIpc) is 2.15. The van der Waals surface area contributed by atoms with Crippen molar-refractivity contribution in [3.8, 4) is 0 Å². The van der Waals surface area contributed by atoms with Crippen molar-refractivity contribution in [2.24, 2.45) is 5.73 Å². The first-order valence-corrected chi connectivity index (χ1v) is 7.24. The van der Waals surface area contributed by atoms with Gasteiger partial charge in [0.15, 0.2) is 0 Å². The van der Waals surface area contributed by atoms with Gasteiger partial charge in [-0.05, 0) is 40.4 Å². The number of nitrogens with two attached hydrogens (primary N) is 1. The molecule has 5 nitrogen and oxygen atoms in total. The van der Waals surface area contributed by atoms with Gasteiger partial charge in [0, 0.05) is 12.6 Å². The molecule has 16 heavy (non-hydrogen) atoms. The summed E-state index contributed by atoms with van der Waals surface area (Å²) in [5, 5.41) is -0.477. The van der Waals surface area contributed by atoms with Crippen molar-refractivity contribution < 1.29 is 8.42 Å². The minimum Gasteiger partial charge on any atom is -0.329 e. The van der Waals surface area contributed by atoms with Crippen molar-refractivity contribution in [1.29, 1.82) is 0 Å². The summed E-state index contributed by atoms with van der Waals surface area (Å²) in [6.45, 7) is 4.75. The van der Waals surface area contributed by atoms with Gasteiger partial charge in [-0.3, -0.25) is 0 Å². The van der Waals surface area contributed by atoms with Gasteiger partial charge in [0.05, 0.1) is 5.25 Å². The highest BCUT2D eigenvalue weighted by atomic mass is 32.2. The quantitative estimate of drug-likeness (QED) is 0.636. The van der Waals surface area contributed by atoms with E-state index in [0.29, 0.717) is 6.42 Å². The fourth-order valence-electron chi connectivity index (χ4n) is 1.40. The largest absolute Gasteiger partial charge is 0.329 e. The maximum Gasteiger partial charge on any atom is 0.215 e. The van der Waals surface area contributed by atoms with Crippen LogP contribution in [-0.2, 0) is 10.0 Å². The summed E-state index contributed by atoms with van der Waals surface area (Å²) in [5.41, 5.74) is 5.44.